The van der Waals surface area contributed by atoms with Crippen LogP contribution in [0.2, 0.25) is 0 Å². The minimum Gasteiger partial charge on any atom is -0.397 e. The summed E-state index contributed by atoms with van der Waals surface area (Å²) in [5, 5.41) is 9.56. The van der Waals surface area contributed by atoms with Crippen molar-refractivity contribution in [2.45, 2.75) is 6.92 Å². The Hall–Kier alpha value is -4.30. The summed E-state index contributed by atoms with van der Waals surface area (Å²) in [6.07, 6.45) is 8.94. The molecule has 33 heavy (non-hydrogen) atoms. The van der Waals surface area contributed by atoms with Crippen molar-refractivity contribution in [2.24, 2.45) is 0 Å². The summed E-state index contributed by atoms with van der Waals surface area (Å²) in [7, 11) is 0. The minimum atomic E-state index is 0.610. The molecular formula is C25H19N7S. The number of hydrogen-bond acceptors (Lipinski definition) is 6. The first-order valence-electron chi connectivity index (χ1n) is 10.3. The van der Waals surface area contributed by atoms with Gasteiger partial charge in [-0.2, -0.15) is 5.10 Å². The number of H-pyrrole nitrogens is 2. The summed E-state index contributed by atoms with van der Waals surface area (Å²) in [5.41, 5.74) is 13.9. The SMILES string of the molecule is C=C(C)c1ccc(-c2cncc3[nH]c(-c4[nH]nc5ncc(-c6cncc(N)c6)cc45)cc23)s1. The van der Waals surface area contributed by atoms with E-state index in [-0.39, 0.29) is 0 Å². The van der Waals surface area contributed by atoms with Gasteiger partial charge in [-0.25, -0.2) is 4.98 Å². The molecule has 0 bridgehead atoms. The number of thiophene rings is 1. The van der Waals surface area contributed by atoms with Crippen molar-refractivity contribution in [1.82, 2.24) is 30.1 Å². The third kappa shape index (κ3) is 3.28. The topological polar surface area (TPSA) is 109 Å². The molecule has 0 atom stereocenters. The van der Waals surface area contributed by atoms with Gasteiger partial charge in [0.25, 0.3) is 0 Å². The lowest BCUT2D eigenvalue weighted by atomic mass is 10.1. The van der Waals surface area contributed by atoms with E-state index >= 15 is 0 Å². The molecule has 0 aliphatic rings. The lowest BCUT2D eigenvalue weighted by Crippen LogP contribution is -1.88. The molecule has 0 spiro atoms. The minimum absolute atomic E-state index is 0.610. The zero-order valence-corrected chi connectivity index (χ0v) is 18.6. The first-order chi connectivity index (χ1) is 16.1. The van der Waals surface area contributed by atoms with Crippen LogP contribution < -0.4 is 5.73 Å². The Labute approximate surface area is 193 Å². The number of nitrogens with zero attached hydrogens (tertiary/aromatic N) is 4. The molecule has 0 amide bonds. The third-order valence-corrected chi connectivity index (χ3v) is 6.89. The van der Waals surface area contributed by atoms with Gasteiger partial charge in [0.15, 0.2) is 5.65 Å². The smallest absolute Gasteiger partial charge is 0.181 e. The summed E-state index contributed by atoms with van der Waals surface area (Å²) in [4.78, 5) is 19.0. The number of nitrogens with one attached hydrogen (secondary N) is 2. The second-order valence-electron chi connectivity index (χ2n) is 7.98. The average Bonchev–Trinajstić information content (AvgIpc) is 3.55. The van der Waals surface area contributed by atoms with E-state index in [0.717, 1.165) is 54.8 Å². The van der Waals surface area contributed by atoms with Gasteiger partial charge in [-0.15, -0.1) is 11.3 Å². The van der Waals surface area contributed by atoms with Crippen molar-refractivity contribution in [3.8, 4) is 33.0 Å². The van der Waals surface area contributed by atoms with Crippen LogP contribution in [-0.4, -0.2) is 30.1 Å². The van der Waals surface area contributed by atoms with Gasteiger partial charge in [0.2, 0.25) is 0 Å². The molecule has 7 nitrogen and oxygen atoms in total. The van der Waals surface area contributed by atoms with Crippen molar-refractivity contribution >= 4 is 44.5 Å². The van der Waals surface area contributed by atoms with Gasteiger partial charge in [-0.1, -0.05) is 6.58 Å². The lowest BCUT2D eigenvalue weighted by Gasteiger charge is -2.02. The molecule has 0 saturated heterocycles. The third-order valence-electron chi connectivity index (χ3n) is 5.61. The predicted octanol–water partition coefficient (Wildman–Crippen LogP) is 5.91. The molecule has 0 aliphatic heterocycles. The van der Waals surface area contributed by atoms with Crippen LogP contribution in [0.25, 0.3) is 60.5 Å². The lowest BCUT2D eigenvalue weighted by molar-refractivity contribution is 1.10. The number of aromatic amines is 2. The number of aromatic nitrogens is 6. The molecule has 0 radical (unpaired) electrons. The first-order valence-corrected chi connectivity index (χ1v) is 11.2. The fourth-order valence-electron chi connectivity index (χ4n) is 3.97. The van der Waals surface area contributed by atoms with E-state index in [1.54, 1.807) is 29.9 Å². The second kappa shape index (κ2) is 7.39. The van der Waals surface area contributed by atoms with E-state index in [9.17, 15) is 0 Å². The van der Waals surface area contributed by atoms with Crippen molar-refractivity contribution in [1.29, 1.82) is 0 Å². The van der Waals surface area contributed by atoms with Crippen LogP contribution in [0.4, 0.5) is 5.69 Å². The largest absolute Gasteiger partial charge is 0.397 e. The van der Waals surface area contributed by atoms with Crippen molar-refractivity contribution in [2.75, 3.05) is 5.73 Å². The standard InChI is InChI=1S/C25H19N7S/c1-13(2)22-3-4-23(33-22)19-11-28-12-21-17(19)7-20(30-21)24-18-6-15(9-29-25(18)32-31-24)14-5-16(26)10-27-8-14/h3-12,30H,1,26H2,2H3,(H,29,31,32). The Morgan fingerprint density at radius 2 is 1.82 bits per heavy atom. The number of nitrogens with two attached hydrogens (primary N) is 1. The fraction of sp³-hybridized carbons (Fsp3) is 0.0400. The molecule has 6 aromatic heterocycles. The summed E-state index contributed by atoms with van der Waals surface area (Å²) in [6.45, 7) is 6.08. The molecule has 6 aromatic rings. The molecule has 0 unspecified atom stereocenters. The van der Waals surface area contributed by atoms with Crippen molar-refractivity contribution < 1.29 is 0 Å². The van der Waals surface area contributed by atoms with Gasteiger partial charge in [0.1, 0.15) is 0 Å². The van der Waals surface area contributed by atoms with Gasteiger partial charge in [0, 0.05) is 62.0 Å². The number of pyridine rings is 3. The van der Waals surface area contributed by atoms with E-state index in [1.807, 2.05) is 25.4 Å². The van der Waals surface area contributed by atoms with Crippen LogP contribution in [0.5, 0.6) is 0 Å². The predicted molar refractivity (Wildman–Crippen MR) is 135 cm³/mol. The van der Waals surface area contributed by atoms with E-state index < -0.39 is 0 Å². The highest BCUT2D eigenvalue weighted by molar-refractivity contribution is 7.16. The molecule has 0 aromatic carbocycles. The summed E-state index contributed by atoms with van der Waals surface area (Å²) < 4.78 is 0. The Bertz CT molecular complexity index is 1670. The zero-order valence-electron chi connectivity index (χ0n) is 17.8. The van der Waals surface area contributed by atoms with E-state index in [0.29, 0.717) is 11.3 Å². The van der Waals surface area contributed by atoms with Gasteiger partial charge >= 0.3 is 0 Å². The van der Waals surface area contributed by atoms with Gasteiger partial charge < -0.3 is 10.7 Å². The Morgan fingerprint density at radius 3 is 2.64 bits per heavy atom. The molecule has 0 fully saturated rings. The number of anilines is 1. The summed E-state index contributed by atoms with van der Waals surface area (Å²) in [6, 6.07) is 10.3. The molecule has 160 valence electrons. The monoisotopic (exact) mass is 449 g/mol. The zero-order chi connectivity index (χ0) is 22.5. The number of hydrogen-bond donors (Lipinski definition) is 3. The van der Waals surface area contributed by atoms with Gasteiger partial charge in [0.05, 0.1) is 28.8 Å². The average molecular weight is 450 g/mol. The van der Waals surface area contributed by atoms with E-state index in [2.05, 4.69) is 61.0 Å². The highest BCUT2D eigenvalue weighted by Crippen LogP contribution is 2.37. The molecular weight excluding hydrogens is 430 g/mol. The molecule has 0 aliphatic carbocycles. The number of allylic oxidation sites excluding steroid dienone is 1. The van der Waals surface area contributed by atoms with Crippen LogP contribution >= 0.6 is 11.3 Å². The fourth-order valence-corrected chi connectivity index (χ4v) is 4.93. The maximum absolute atomic E-state index is 5.92. The molecule has 4 N–H and O–H groups in total. The Kier molecular flexibility index (Phi) is 4.34. The van der Waals surface area contributed by atoms with Crippen LogP contribution in [-0.2, 0) is 0 Å². The molecule has 6 rings (SSSR count). The van der Waals surface area contributed by atoms with Crippen molar-refractivity contribution in [3.05, 3.63) is 72.8 Å². The maximum atomic E-state index is 5.92. The van der Waals surface area contributed by atoms with Crippen LogP contribution in [0.3, 0.4) is 0 Å². The maximum Gasteiger partial charge on any atom is 0.181 e. The Balaban J connectivity index is 1.48. The first kappa shape index (κ1) is 19.4. The highest BCUT2D eigenvalue weighted by Gasteiger charge is 2.16. The van der Waals surface area contributed by atoms with E-state index in [4.69, 9.17) is 5.73 Å². The van der Waals surface area contributed by atoms with Crippen molar-refractivity contribution in [3.63, 3.8) is 0 Å². The van der Waals surface area contributed by atoms with Gasteiger partial charge in [-0.05, 0) is 42.8 Å². The van der Waals surface area contributed by atoms with Crippen LogP contribution in [0.1, 0.15) is 11.8 Å². The normalized spacial score (nSPS) is 11.4. The molecule has 8 heteroatoms. The van der Waals surface area contributed by atoms with Crippen LogP contribution in [0, 0.1) is 0 Å². The molecule has 6 heterocycles. The quantitative estimate of drug-likeness (QED) is 0.310. The second-order valence-corrected chi connectivity index (χ2v) is 9.06. The number of nitrogen functional groups attached to an aromatic ring is 1. The molecule has 0 saturated carbocycles. The Morgan fingerprint density at radius 1 is 0.970 bits per heavy atom. The number of rotatable bonds is 4. The van der Waals surface area contributed by atoms with Gasteiger partial charge in [-0.3, -0.25) is 15.1 Å². The number of fused-ring (bicyclic) bond motifs is 2. The van der Waals surface area contributed by atoms with Crippen LogP contribution in [0.15, 0.2) is 67.9 Å². The highest BCUT2D eigenvalue weighted by atomic mass is 32.1. The summed E-state index contributed by atoms with van der Waals surface area (Å²) in [5.74, 6) is 0. The van der Waals surface area contributed by atoms with E-state index in [1.165, 1.54) is 4.88 Å². The summed E-state index contributed by atoms with van der Waals surface area (Å²) >= 11 is 1.72.